The smallest absolute Gasteiger partial charge is 0.158 e. The molecule has 0 amide bonds. The van der Waals surface area contributed by atoms with Gasteiger partial charge in [0.25, 0.3) is 0 Å². The van der Waals surface area contributed by atoms with Gasteiger partial charge in [0.05, 0.1) is 21.2 Å². The molecular formula is C11H13BFN3S. The van der Waals surface area contributed by atoms with Gasteiger partial charge in [0, 0.05) is 6.54 Å². The fraction of sp³-hybridized carbons (Fsp3) is 0.364. The van der Waals surface area contributed by atoms with Crippen LogP contribution in [0.5, 0.6) is 0 Å². The Bertz CT molecular complexity index is 413. The van der Waals surface area contributed by atoms with E-state index in [0.29, 0.717) is 25.5 Å². The van der Waals surface area contributed by atoms with Crippen LogP contribution in [-0.4, -0.2) is 36.9 Å². The molecule has 17 heavy (non-hydrogen) atoms. The molecule has 0 saturated heterocycles. The quantitative estimate of drug-likeness (QED) is 0.820. The molecule has 1 heterocycles. The SMILES string of the molecule is [B]CSC1=NCN(Cc2cccc(F)c2)CN1. The lowest BCUT2D eigenvalue weighted by molar-refractivity contribution is 0.258. The van der Waals surface area contributed by atoms with Gasteiger partial charge >= 0.3 is 0 Å². The molecule has 1 N–H and O–H groups in total. The van der Waals surface area contributed by atoms with Gasteiger partial charge in [-0.25, -0.2) is 9.38 Å². The summed E-state index contributed by atoms with van der Waals surface area (Å²) in [5.74, 6) is -0.199. The molecular weight excluding hydrogens is 236 g/mol. The molecule has 88 valence electrons. The Hall–Kier alpha value is -1.01. The van der Waals surface area contributed by atoms with E-state index in [1.54, 1.807) is 12.1 Å². The summed E-state index contributed by atoms with van der Waals surface area (Å²) in [5, 5.41) is 4.05. The second-order valence-corrected chi connectivity index (χ2v) is 4.72. The maximum atomic E-state index is 13.0. The van der Waals surface area contributed by atoms with E-state index in [0.717, 1.165) is 10.7 Å². The fourth-order valence-electron chi connectivity index (χ4n) is 1.62. The zero-order valence-electron chi connectivity index (χ0n) is 9.40. The van der Waals surface area contributed by atoms with Crippen molar-refractivity contribution < 1.29 is 4.39 Å². The lowest BCUT2D eigenvalue weighted by Gasteiger charge is -2.26. The lowest BCUT2D eigenvalue weighted by atomic mass is 10.2. The van der Waals surface area contributed by atoms with Crippen molar-refractivity contribution in [2.45, 2.75) is 6.54 Å². The highest BCUT2D eigenvalue weighted by Crippen LogP contribution is 2.10. The molecule has 1 aromatic carbocycles. The van der Waals surface area contributed by atoms with Gasteiger partial charge in [-0.15, -0.1) is 0 Å². The first-order valence-corrected chi connectivity index (χ1v) is 6.34. The molecule has 6 heteroatoms. The number of hydrogen-bond donors (Lipinski definition) is 1. The summed E-state index contributed by atoms with van der Waals surface area (Å²) in [6.45, 7) is 2.02. The summed E-state index contributed by atoms with van der Waals surface area (Å²) in [7, 11) is 5.42. The number of thioether (sulfide) groups is 1. The highest BCUT2D eigenvalue weighted by Gasteiger charge is 2.12. The fourth-order valence-corrected chi connectivity index (χ4v) is 2.10. The summed E-state index contributed by atoms with van der Waals surface area (Å²) in [4.78, 5) is 6.43. The van der Waals surface area contributed by atoms with Crippen LogP contribution in [0.4, 0.5) is 4.39 Å². The molecule has 0 aliphatic carbocycles. The molecule has 0 bridgehead atoms. The number of amidine groups is 1. The monoisotopic (exact) mass is 249 g/mol. The average Bonchev–Trinajstić information content (AvgIpc) is 2.32. The van der Waals surface area contributed by atoms with Gasteiger partial charge in [-0.2, -0.15) is 0 Å². The van der Waals surface area contributed by atoms with Crippen LogP contribution >= 0.6 is 11.8 Å². The van der Waals surface area contributed by atoms with Crippen LogP contribution in [-0.2, 0) is 6.54 Å². The van der Waals surface area contributed by atoms with Gasteiger partial charge in [-0.3, -0.25) is 4.90 Å². The predicted molar refractivity (Wildman–Crippen MR) is 70.5 cm³/mol. The van der Waals surface area contributed by atoms with Gasteiger partial charge in [-0.05, 0) is 23.3 Å². The van der Waals surface area contributed by atoms with Crippen molar-refractivity contribution in [3.63, 3.8) is 0 Å². The summed E-state index contributed by atoms with van der Waals surface area (Å²) in [6, 6.07) is 6.64. The molecule has 0 fully saturated rings. The minimum Gasteiger partial charge on any atom is -0.352 e. The van der Waals surface area contributed by atoms with Gasteiger partial charge < -0.3 is 5.32 Å². The van der Waals surface area contributed by atoms with E-state index in [1.165, 1.54) is 17.8 Å². The Kier molecular flexibility index (Phi) is 4.45. The van der Waals surface area contributed by atoms with Gasteiger partial charge in [0.15, 0.2) is 5.17 Å². The Morgan fingerprint density at radius 2 is 2.41 bits per heavy atom. The second kappa shape index (κ2) is 6.07. The van der Waals surface area contributed by atoms with E-state index >= 15 is 0 Å². The van der Waals surface area contributed by atoms with Crippen LogP contribution in [0.1, 0.15) is 5.56 Å². The molecule has 3 nitrogen and oxygen atoms in total. The first-order chi connectivity index (χ1) is 8.28. The molecule has 2 rings (SSSR count). The van der Waals surface area contributed by atoms with E-state index in [1.807, 2.05) is 6.07 Å². The van der Waals surface area contributed by atoms with Crippen LogP contribution in [0.2, 0.25) is 0 Å². The van der Waals surface area contributed by atoms with Crippen molar-refractivity contribution in [1.82, 2.24) is 10.2 Å². The van der Waals surface area contributed by atoms with Crippen LogP contribution in [0.15, 0.2) is 29.3 Å². The summed E-state index contributed by atoms with van der Waals surface area (Å²) >= 11 is 1.49. The minimum absolute atomic E-state index is 0.199. The molecule has 0 spiro atoms. The van der Waals surface area contributed by atoms with E-state index in [2.05, 4.69) is 15.2 Å². The van der Waals surface area contributed by atoms with Gasteiger partial charge in [-0.1, -0.05) is 23.9 Å². The number of hydrogen-bond acceptors (Lipinski definition) is 4. The Morgan fingerprint density at radius 3 is 3.06 bits per heavy atom. The number of halogens is 1. The Balaban J connectivity index is 1.90. The first kappa shape index (κ1) is 12.5. The van der Waals surface area contributed by atoms with Crippen molar-refractivity contribution in [3.05, 3.63) is 35.6 Å². The maximum Gasteiger partial charge on any atom is 0.158 e. The molecule has 1 aliphatic rings. The molecule has 1 aromatic rings. The lowest BCUT2D eigenvalue weighted by Crippen LogP contribution is -2.41. The molecule has 0 saturated carbocycles. The van der Waals surface area contributed by atoms with Crippen molar-refractivity contribution >= 4 is 24.8 Å². The standard InChI is InChI=1S/C11H13BFN3S/c12-6-17-11-14-7-16(8-15-11)5-9-2-1-3-10(13)4-9/h1-4H,5-8H2,(H,14,15). The second-order valence-electron chi connectivity index (χ2n) is 3.71. The largest absolute Gasteiger partial charge is 0.352 e. The van der Waals surface area contributed by atoms with Crippen molar-refractivity contribution in [3.8, 4) is 0 Å². The summed E-state index contributed by atoms with van der Waals surface area (Å²) in [6.07, 6.45) is 0. The van der Waals surface area contributed by atoms with E-state index < -0.39 is 0 Å². The predicted octanol–water partition coefficient (Wildman–Crippen LogP) is 1.36. The van der Waals surface area contributed by atoms with Crippen LogP contribution in [0.25, 0.3) is 0 Å². The van der Waals surface area contributed by atoms with Crippen LogP contribution < -0.4 is 5.32 Å². The number of rotatable bonds is 3. The molecule has 0 atom stereocenters. The number of nitrogens with one attached hydrogen (secondary N) is 1. The highest BCUT2D eigenvalue weighted by atomic mass is 32.2. The Morgan fingerprint density at radius 1 is 1.53 bits per heavy atom. The third-order valence-corrected chi connectivity index (χ3v) is 3.10. The normalized spacial score (nSPS) is 16.4. The van der Waals surface area contributed by atoms with Crippen LogP contribution in [0, 0.1) is 5.82 Å². The number of nitrogens with zero attached hydrogens (tertiary/aromatic N) is 2. The highest BCUT2D eigenvalue weighted by molar-refractivity contribution is 8.14. The van der Waals surface area contributed by atoms with Crippen molar-refractivity contribution in [1.29, 1.82) is 0 Å². The van der Waals surface area contributed by atoms with E-state index in [-0.39, 0.29) is 5.82 Å². The number of benzene rings is 1. The molecule has 0 unspecified atom stereocenters. The summed E-state index contributed by atoms with van der Waals surface area (Å²) in [5.41, 5.74) is 1.48. The van der Waals surface area contributed by atoms with Crippen molar-refractivity contribution in [2.75, 3.05) is 19.0 Å². The van der Waals surface area contributed by atoms with E-state index in [4.69, 9.17) is 7.85 Å². The summed E-state index contributed by atoms with van der Waals surface area (Å²) < 4.78 is 13.0. The topological polar surface area (TPSA) is 27.6 Å². The van der Waals surface area contributed by atoms with Crippen molar-refractivity contribution in [2.24, 2.45) is 4.99 Å². The molecule has 2 radical (unpaired) electrons. The van der Waals surface area contributed by atoms with E-state index in [9.17, 15) is 4.39 Å². The first-order valence-electron chi connectivity index (χ1n) is 5.36. The third-order valence-electron chi connectivity index (χ3n) is 2.38. The van der Waals surface area contributed by atoms with Gasteiger partial charge in [0.2, 0.25) is 0 Å². The number of aliphatic imine (C=N–C) groups is 1. The zero-order valence-corrected chi connectivity index (χ0v) is 10.2. The molecule has 1 aliphatic heterocycles. The minimum atomic E-state index is -0.199. The van der Waals surface area contributed by atoms with Crippen LogP contribution in [0.3, 0.4) is 0 Å². The Labute approximate surface area is 106 Å². The third kappa shape index (κ3) is 3.75. The van der Waals surface area contributed by atoms with Gasteiger partial charge in [0.1, 0.15) is 5.82 Å². The average molecular weight is 249 g/mol. The molecule has 0 aromatic heterocycles. The maximum absolute atomic E-state index is 13.0. The zero-order chi connectivity index (χ0) is 12.1.